The Labute approximate surface area is 72.9 Å². The molecule has 0 heterocycles. The summed E-state index contributed by atoms with van der Waals surface area (Å²) in [5.41, 5.74) is 2.64. The first kappa shape index (κ1) is 7.36. The molecule has 12 heavy (non-hydrogen) atoms. The zero-order chi connectivity index (χ0) is 8.39. The summed E-state index contributed by atoms with van der Waals surface area (Å²) < 4.78 is 0. The molecule has 0 spiro atoms. The fourth-order valence-electron chi connectivity index (χ4n) is 1.86. The van der Waals surface area contributed by atoms with E-state index in [9.17, 15) is 0 Å². The first-order valence-corrected chi connectivity index (χ1v) is 4.36. The summed E-state index contributed by atoms with van der Waals surface area (Å²) in [7, 11) is 0. The third-order valence-electron chi connectivity index (χ3n) is 2.49. The number of nitrogens with zero attached hydrogens (tertiary/aromatic N) is 1. The molecule has 0 unspecified atom stereocenters. The first-order valence-electron chi connectivity index (χ1n) is 4.36. The Hall–Kier alpha value is -1.29. The normalized spacial score (nSPS) is 21.1. The van der Waals surface area contributed by atoms with E-state index in [-0.39, 0.29) is 6.04 Å². The zero-order valence-corrected chi connectivity index (χ0v) is 6.96. The van der Waals surface area contributed by atoms with Crippen molar-refractivity contribution >= 4 is 0 Å². The molecule has 1 heteroatoms. The highest BCUT2D eigenvalue weighted by atomic mass is 14.7. The van der Waals surface area contributed by atoms with Gasteiger partial charge in [0.2, 0.25) is 6.04 Å². The third kappa shape index (κ3) is 1.10. The van der Waals surface area contributed by atoms with Crippen molar-refractivity contribution in [3.8, 4) is 0 Å². The Bertz CT molecular complexity index is 322. The Balaban J connectivity index is 2.45. The van der Waals surface area contributed by atoms with Gasteiger partial charge in [-0.05, 0) is 18.4 Å². The third-order valence-corrected chi connectivity index (χ3v) is 2.49. The minimum absolute atomic E-state index is 0.134. The summed E-state index contributed by atoms with van der Waals surface area (Å²) in [5.74, 6) is 0. The van der Waals surface area contributed by atoms with E-state index in [0.29, 0.717) is 0 Å². The standard InChI is InChI=1S/C11H11N/c1-12-11-8-4-6-9-5-2-3-7-10(9)11/h2-3,5,7,11H,4,6,8H2/t11-/m1/s1. The molecule has 1 nitrogen and oxygen atoms in total. The van der Waals surface area contributed by atoms with E-state index in [1.165, 1.54) is 17.5 Å². The van der Waals surface area contributed by atoms with Gasteiger partial charge in [0.15, 0.2) is 0 Å². The van der Waals surface area contributed by atoms with E-state index in [1.54, 1.807) is 0 Å². The predicted octanol–water partition coefficient (Wildman–Crippen LogP) is 2.98. The van der Waals surface area contributed by atoms with Crippen LogP contribution in [0.1, 0.15) is 30.0 Å². The van der Waals surface area contributed by atoms with Gasteiger partial charge in [-0.25, -0.2) is 6.57 Å². The van der Waals surface area contributed by atoms with Gasteiger partial charge in [-0.3, -0.25) is 0 Å². The SMILES string of the molecule is [C-]#[N+][C@@H]1CCCc2ccccc21. The number of hydrogen-bond acceptors (Lipinski definition) is 0. The average molecular weight is 157 g/mol. The molecule has 0 saturated heterocycles. The molecule has 1 aromatic rings. The van der Waals surface area contributed by atoms with Crippen LogP contribution in [-0.2, 0) is 6.42 Å². The highest BCUT2D eigenvalue weighted by Gasteiger charge is 2.22. The summed E-state index contributed by atoms with van der Waals surface area (Å²) in [6.07, 6.45) is 3.37. The molecule has 1 aromatic carbocycles. The van der Waals surface area contributed by atoms with Crippen LogP contribution in [-0.4, -0.2) is 0 Å². The number of fused-ring (bicyclic) bond motifs is 1. The summed E-state index contributed by atoms with van der Waals surface area (Å²) in [6, 6.07) is 8.46. The lowest BCUT2D eigenvalue weighted by molar-refractivity contribution is 0.626. The Morgan fingerprint density at radius 2 is 2.17 bits per heavy atom. The average Bonchev–Trinajstić information content (AvgIpc) is 2.17. The second-order valence-electron chi connectivity index (χ2n) is 3.24. The maximum atomic E-state index is 7.05. The van der Waals surface area contributed by atoms with Crippen LogP contribution in [0.4, 0.5) is 0 Å². The zero-order valence-electron chi connectivity index (χ0n) is 6.96. The predicted molar refractivity (Wildman–Crippen MR) is 48.7 cm³/mol. The largest absolute Gasteiger partial charge is 0.308 e. The molecule has 0 amide bonds. The van der Waals surface area contributed by atoms with Gasteiger partial charge in [0.05, 0.1) is 0 Å². The van der Waals surface area contributed by atoms with Crippen LogP contribution >= 0.6 is 0 Å². The fourth-order valence-corrected chi connectivity index (χ4v) is 1.86. The van der Waals surface area contributed by atoms with Crippen LogP contribution in [0.5, 0.6) is 0 Å². The molecule has 0 N–H and O–H groups in total. The van der Waals surface area contributed by atoms with Gasteiger partial charge in [0.1, 0.15) is 0 Å². The van der Waals surface area contributed by atoms with Crippen molar-refractivity contribution in [1.29, 1.82) is 0 Å². The van der Waals surface area contributed by atoms with Crippen molar-refractivity contribution in [3.63, 3.8) is 0 Å². The molecule has 0 bridgehead atoms. The number of benzene rings is 1. The molecule has 1 aliphatic carbocycles. The van der Waals surface area contributed by atoms with E-state index in [2.05, 4.69) is 23.0 Å². The summed E-state index contributed by atoms with van der Waals surface area (Å²) >= 11 is 0. The smallest absolute Gasteiger partial charge is 0.249 e. The molecule has 0 aromatic heterocycles. The first-order chi connectivity index (χ1) is 5.92. The van der Waals surface area contributed by atoms with Gasteiger partial charge in [0, 0.05) is 12.0 Å². The summed E-state index contributed by atoms with van der Waals surface area (Å²) in [5, 5.41) is 0. The van der Waals surface area contributed by atoms with Crippen molar-refractivity contribution in [1.82, 2.24) is 0 Å². The van der Waals surface area contributed by atoms with Crippen molar-refractivity contribution < 1.29 is 0 Å². The van der Waals surface area contributed by atoms with E-state index >= 15 is 0 Å². The maximum absolute atomic E-state index is 7.05. The molecular formula is C11H11N. The Morgan fingerprint density at radius 1 is 1.33 bits per heavy atom. The van der Waals surface area contributed by atoms with Crippen molar-refractivity contribution in [2.45, 2.75) is 25.3 Å². The van der Waals surface area contributed by atoms with Crippen LogP contribution in [0, 0.1) is 6.57 Å². The molecule has 1 aliphatic rings. The molecular weight excluding hydrogens is 146 g/mol. The lowest BCUT2D eigenvalue weighted by Crippen LogP contribution is -2.05. The summed E-state index contributed by atoms with van der Waals surface area (Å²) in [4.78, 5) is 3.64. The Kier molecular flexibility index (Phi) is 1.83. The van der Waals surface area contributed by atoms with Crippen LogP contribution in [0.15, 0.2) is 24.3 Å². The van der Waals surface area contributed by atoms with Gasteiger partial charge in [-0.15, -0.1) is 0 Å². The molecule has 1 atom stereocenters. The molecule has 0 radical (unpaired) electrons. The topological polar surface area (TPSA) is 4.36 Å². The van der Waals surface area contributed by atoms with Gasteiger partial charge >= 0.3 is 0 Å². The van der Waals surface area contributed by atoms with Crippen molar-refractivity contribution in [2.75, 3.05) is 0 Å². The maximum Gasteiger partial charge on any atom is 0.249 e. The second-order valence-corrected chi connectivity index (χ2v) is 3.24. The molecule has 0 aliphatic heterocycles. The molecule has 0 saturated carbocycles. The van der Waals surface area contributed by atoms with Crippen LogP contribution in [0.2, 0.25) is 0 Å². The van der Waals surface area contributed by atoms with Gasteiger partial charge in [-0.2, -0.15) is 0 Å². The lowest BCUT2D eigenvalue weighted by atomic mass is 9.88. The fraction of sp³-hybridized carbons (Fsp3) is 0.364. The monoisotopic (exact) mass is 157 g/mol. The highest BCUT2D eigenvalue weighted by molar-refractivity contribution is 5.33. The van der Waals surface area contributed by atoms with Crippen molar-refractivity contribution in [2.24, 2.45) is 0 Å². The van der Waals surface area contributed by atoms with Crippen LogP contribution < -0.4 is 0 Å². The van der Waals surface area contributed by atoms with Gasteiger partial charge < -0.3 is 4.85 Å². The van der Waals surface area contributed by atoms with E-state index in [1.807, 2.05) is 6.07 Å². The number of rotatable bonds is 0. The van der Waals surface area contributed by atoms with E-state index in [0.717, 1.165) is 12.8 Å². The highest BCUT2D eigenvalue weighted by Crippen LogP contribution is 2.31. The van der Waals surface area contributed by atoms with E-state index in [4.69, 9.17) is 6.57 Å². The quantitative estimate of drug-likeness (QED) is 0.510. The van der Waals surface area contributed by atoms with Crippen LogP contribution in [0.3, 0.4) is 0 Å². The van der Waals surface area contributed by atoms with Crippen LogP contribution in [0.25, 0.3) is 4.85 Å². The van der Waals surface area contributed by atoms with Gasteiger partial charge in [0.25, 0.3) is 0 Å². The van der Waals surface area contributed by atoms with Gasteiger partial charge in [-0.1, -0.05) is 24.3 Å². The van der Waals surface area contributed by atoms with E-state index < -0.39 is 0 Å². The lowest BCUT2D eigenvalue weighted by Gasteiger charge is -2.16. The minimum atomic E-state index is 0.134. The minimum Gasteiger partial charge on any atom is -0.308 e. The Morgan fingerprint density at radius 3 is 3.00 bits per heavy atom. The molecule has 60 valence electrons. The molecule has 2 rings (SSSR count). The molecule has 0 fully saturated rings. The van der Waals surface area contributed by atoms with Crippen molar-refractivity contribution in [3.05, 3.63) is 46.8 Å². The number of hydrogen-bond donors (Lipinski definition) is 0. The number of aryl methyl sites for hydroxylation is 1. The summed E-state index contributed by atoms with van der Waals surface area (Å²) in [6.45, 7) is 7.05. The second kappa shape index (κ2) is 2.98.